The molecule has 2 aromatic rings. The number of nitrogens with zero attached hydrogens (tertiary/aromatic N) is 1. The molecule has 1 aliphatic rings. The van der Waals surface area contributed by atoms with Crippen molar-refractivity contribution in [1.29, 1.82) is 0 Å². The summed E-state index contributed by atoms with van der Waals surface area (Å²) in [7, 11) is 1.60. The summed E-state index contributed by atoms with van der Waals surface area (Å²) >= 11 is 5.98. The lowest BCUT2D eigenvalue weighted by Gasteiger charge is -2.39. The molecule has 154 valence electrons. The molecule has 0 spiro atoms. The van der Waals surface area contributed by atoms with Gasteiger partial charge in [-0.2, -0.15) is 0 Å². The number of ether oxygens (including phenoxy) is 1. The Labute approximate surface area is 177 Å². The normalized spacial score (nSPS) is 19.1. The lowest BCUT2D eigenvalue weighted by atomic mass is 9.87. The molecule has 0 aliphatic carbocycles. The summed E-state index contributed by atoms with van der Waals surface area (Å²) in [6.07, 6.45) is 1.48. The van der Waals surface area contributed by atoms with E-state index in [0.29, 0.717) is 30.3 Å². The third kappa shape index (κ3) is 5.37. The van der Waals surface area contributed by atoms with Crippen LogP contribution in [0.2, 0.25) is 5.02 Å². The lowest BCUT2D eigenvalue weighted by molar-refractivity contribution is -0.127. The fraction of sp³-hybridized carbons (Fsp3) is 0.391. The van der Waals surface area contributed by atoms with Crippen LogP contribution in [-0.2, 0) is 9.53 Å². The number of likely N-dealkylation sites (tertiary alicyclic amines) is 1. The van der Waals surface area contributed by atoms with E-state index >= 15 is 0 Å². The van der Waals surface area contributed by atoms with Gasteiger partial charge in [0.05, 0.1) is 18.6 Å². The third-order valence-corrected chi connectivity index (χ3v) is 5.59. The molecule has 3 rings (SSSR count). The SMILES string of the molecule is COCCNC(=O)C1CCC(c2cccc(C)c2)N(C(=O)c2ccc(Cl)cc2)C1. The quantitative estimate of drug-likeness (QED) is 0.726. The average molecular weight is 415 g/mol. The molecular formula is C23H27ClN2O3. The van der Waals surface area contributed by atoms with E-state index in [2.05, 4.69) is 17.4 Å². The highest BCUT2D eigenvalue weighted by Gasteiger charge is 2.35. The zero-order valence-electron chi connectivity index (χ0n) is 16.9. The van der Waals surface area contributed by atoms with Crippen LogP contribution in [0.15, 0.2) is 48.5 Å². The van der Waals surface area contributed by atoms with E-state index < -0.39 is 0 Å². The van der Waals surface area contributed by atoms with Gasteiger partial charge in [0.2, 0.25) is 5.91 Å². The predicted octanol–water partition coefficient (Wildman–Crippen LogP) is 4.00. The molecule has 2 unspecified atom stereocenters. The summed E-state index contributed by atoms with van der Waals surface area (Å²) in [5, 5.41) is 3.49. The molecule has 5 nitrogen and oxygen atoms in total. The van der Waals surface area contributed by atoms with Crippen molar-refractivity contribution in [1.82, 2.24) is 10.2 Å². The Kier molecular flexibility index (Phi) is 7.29. The highest BCUT2D eigenvalue weighted by Crippen LogP contribution is 2.35. The van der Waals surface area contributed by atoms with Gasteiger partial charge in [0.25, 0.3) is 5.91 Å². The van der Waals surface area contributed by atoms with Gasteiger partial charge in [0.1, 0.15) is 0 Å². The molecule has 0 radical (unpaired) electrons. The molecule has 1 saturated heterocycles. The largest absolute Gasteiger partial charge is 0.383 e. The van der Waals surface area contributed by atoms with Crippen LogP contribution < -0.4 is 5.32 Å². The fourth-order valence-corrected chi connectivity index (χ4v) is 3.94. The number of halogens is 1. The van der Waals surface area contributed by atoms with E-state index in [0.717, 1.165) is 24.0 Å². The minimum Gasteiger partial charge on any atom is -0.383 e. The number of methoxy groups -OCH3 is 1. The number of carbonyl (C=O) groups excluding carboxylic acids is 2. The van der Waals surface area contributed by atoms with Crippen LogP contribution in [0.4, 0.5) is 0 Å². The number of carbonyl (C=O) groups is 2. The number of benzene rings is 2. The molecule has 1 N–H and O–H groups in total. The first kappa shape index (κ1) is 21.3. The number of nitrogens with one attached hydrogen (secondary N) is 1. The van der Waals surface area contributed by atoms with Gasteiger partial charge in [0, 0.05) is 30.8 Å². The van der Waals surface area contributed by atoms with Gasteiger partial charge in [-0.3, -0.25) is 9.59 Å². The monoisotopic (exact) mass is 414 g/mol. The molecule has 29 heavy (non-hydrogen) atoms. The van der Waals surface area contributed by atoms with Crippen molar-refractivity contribution >= 4 is 23.4 Å². The van der Waals surface area contributed by atoms with E-state index in [4.69, 9.17) is 16.3 Å². The molecule has 0 saturated carbocycles. The zero-order chi connectivity index (χ0) is 20.8. The Balaban J connectivity index is 1.84. The topological polar surface area (TPSA) is 58.6 Å². The molecule has 0 aromatic heterocycles. The van der Waals surface area contributed by atoms with Crippen molar-refractivity contribution in [2.24, 2.45) is 5.92 Å². The van der Waals surface area contributed by atoms with Crippen molar-refractivity contribution in [2.45, 2.75) is 25.8 Å². The summed E-state index contributed by atoms with van der Waals surface area (Å²) < 4.78 is 5.00. The second-order valence-electron chi connectivity index (χ2n) is 7.45. The Hall–Kier alpha value is -2.37. The number of amides is 2. The number of rotatable bonds is 6. The molecular weight excluding hydrogens is 388 g/mol. The standard InChI is InChI=1S/C23H27ClN2O3/c1-16-4-3-5-18(14-16)21-11-8-19(22(27)25-12-13-29-2)15-26(21)23(28)17-6-9-20(24)10-7-17/h3-7,9-10,14,19,21H,8,11-13,15H2,1-2H3,(H,25,27). The van der Waals surface area contributed by atoms with Gasteiger partial charge in [-0.25, -0.2) is 0 Å². The molecule has 6 heteroatoms. The summed E-state index contributed by atoms with van der Waals surface area (Å²) in [4.78, 5) is 27.8. The fourth-order valence-electron chi connectivity index (χ4n) is 3.81. The Morgan fingerprint density at radius 2 is 1.93 bits per heavy atom. The second kappa shape index (κ2) is 9.90. The maximum absolute atomic E-state index is 13.3. The summed E-state index contributed by atoms with van der Waals surface area (Å²) in [5.74, 6) is -0.342. The van der Waals surface area contributed by atoms with E-state index in [-0.39, 0.29) is 23.8 Å². The van der Waals surface area contributed by atoms with Crippen molar-refractivity contribution in [3.63, 3.8) is 0 Å². The van der Waals surface area contributed by atoms with E-state index in [1.165, 1.54) is 0 Å². The number of aryl methyl sites for hydroxylation is 1. The van der Waals surface area contributed by atoms with Gasteiger partial charge in [0.15, 0.2) is 0 Å². The van der Waals surface area contributed by atoms with Gasteiger partial charge >= 0.3 is 0 Å². The smallest absolute Gasteiger partial charge is 0.254 e. The van der Waals surface area contributed by atoms with Crippen LogP contribution in [0.1, 0.15) is 40.4 Å². The lowest BCUT2D eigenvalue weighted by Crippen LogP contribution is -2.47. The van der Waals surface area contributed by atoms with E-state index in [9.17, 15) is 9.59 Å². The summed E-state index contributed by atoms with van der Waals surface area (Å²) in [6, 6.07) is 15.1. The van der Waals surface area contributed by atoms with Gasteiger partial charge in [-0.15, -0.1) is 0 Å². The van der Waals surface area contributed by atoms with E-state index in [1.807, 2.05) is 24.0 Å². The summed E-state index contributed by atoms with van der Waals surface area (Å²) in [6.45, 7) is 3.37. The minimum absolute atomic E-state index is 0.0290. The molecule has 0 bridgehead atoms. The summed E-state index contributed by atoms with van der Waals surface area (Å²) in [5.41, 5.74) is 2.83. The number of piperidine rings is 1. The van der Waals surface area contributed by atoms with Crippen molar-refractivity contribution in [2.75, 3.05) is 26.8 Å². The van der Waals surface area contributed by atoms with Crippen molar-refractivity contribution < 1.29 is 14.3 Å². The molecule has 2 aromatic carbocycles. The first-order valence-corrected chi connectivity index (χ1v) is 10.3. The van der Waals surface area contributed by atoms with Crippen LogP contribution in [0.5, 0.6) is 0 Å². The molecule has 2 amide bonds. The average Bonchev–Trinajstić information content (AvgIpc) is 2.73. The maximum Gasteiger partial charge on any atom is 0.254 e. The zero-order valence-corrected chi connectivity index (χ0v) is 17.6. The van der Waals surface area contributed by atoms with Crippen LogP contribution in [-0.4, -0.2) is 43.5 Å². The predicted molar refractivity (Wildman–Crippen MR) is 114 cm³/mol. The molecule has 2 atom stereocenters. The highest BCUT2D eigenvalue weighted by molar-refractivity contribution is 6.30. The molecule has 1 fully saturated rings. The maximum atomic E-state index is 13.3. The van der Waals surface area contributed by atoms with Crippen LogP contribution in [0.3, 0.4) is 0 Å². The first-order chi connectivity index (χ1) is 14.0. The second-order valence-corrected chi connectivity index (χ2v) is 7.89. The van der Waals surface area contributed by atoms with Gasteiger partial charge < -0.3 is 15.0 Å². The molecule has 1 heterocycles. The highest BCUT2D eigenvalue weighted by atomic mass is 35.5. The van der Waals surface area contributed by atoms with Gasteiger partial charge in [-0.05, 0) is 49.6 Å². The minimum atomic E-state index is -0.232. The van der Waals surface area contributed by atoms with E-state index in [1.54, 1.807) is 31.4 Å². The van der Waals surface area contributed by atoms with Crippen molar-refractivity contribution in [3.05, 3.63) is 70.2 Å². The number of hydrogen-bond donors (Lipinski definition) is 1. The Bertz CT molecular complexity index is 853. The van der Waals surface area contributed by atoms with Crippen molar-refractivity contribution in [3.8, 4) is 0 Å². The van der Waals surface area contributed by atoms with Gasteiger partial charge in [-0.1, -0.05) is 41.4 Å². The van der Waals surface area contributed by atoms with Crippen LogP contribution in [0, 0.1) is 12.8 Å². The Morgan fingerprint density at radius 3 is 2.62 bits per heavy atom. The third-order valence-electron chi connectivity index (χ3n) is 5.34. The number of hydrogen-bond acceptors (Lipinski definition) is 3. The first-order valence-electron chi connectivity index (χ1n) is 9.89. The van der Waals surface area contributed by atoms with Crippen LogP contribution in [0.25, 0.3) is 0 Å². The van der Waals surface area contributed by atoms with Crippen LogP contribution >= 0.6 is 11.6 Å². The Morgan fingerprint density at radius 1 is 1.17 bits per heavy atom. The molecule has 1 aliphatic heterocycles.